The van der Waals surface area contributed by atoms with Crippen molar-refractivity contribution in [2.24, 2.45) is 0 Å². The maximum atomic E-state index is 13.3. The predicted molar refractivity (Wildman–Crippen MR) is 76.8 cm³/mol. The summed E-state index contributed by atoms with van der Waals surface area (Å²) in [5.74, 6) is 0.725. The Kier molecular flexibility index (Phi) is 11.7. The van der Waals surface area contributed by atoms with Crippen molar-refractivity contribution in [2.45, 2.75) is 70.7 Å². The molecule has 0 amide bonds. The van der Waals surface area contributed by atoms with Gasteiger partial charge in [0.05, 0.1) is 6.61 Å². The van der Waals surface area contributed by atoms with Crippen molar-refractivity contribution in [1.29, 1.82) is 0 Å². The van der Waals surface area contributed by atoms with Crippen molar-refractivity contribution in [3.05, 3.63) is 0 Å². The molecule has 0 aliphatic carbocycles. The van der Waals surface area contributed by atoms with Crippen LogP contribution in [0.5, 0.6) is 0 Å². The molecule has 0 aromatic heterocycles. The van der Waals surface area contributed by atoms with Gasteiger partial charge in [0.1, 0.15) is 11.4 Å². The molecular weight excluding hydrogens is 251 g/mol. The monoisotopic (exact) mass is 278 g/mol. The standard InChI is InChI=1S/C14H27FO2S/c1-4-8-12(15)10-7-11-18-13(9-5-2)14(16)17-6-3/h12-13H,4-11H2,1-3H3. The molecule has 0 aliphatic heterocycles. The molecule has 18 heavy (non-hydrogen) atoms. The normalized spacial score (nSPS) is 14.2. The molecule has 0 fully saturated rings. The van der Waals surface area contributed by atoms with Gasteiger partial charge in [-0.2, -0.15) is 0 Å². The third kappa shape index (κ3) is 8.78. The van der Waals surface area contributed by atoms with Gasteiger partial charge in [-0.15, -0.1) is 11.8 Å². The van der Waals surface area contributed by atoms with Crippen LogP contribution in [0.2, 0.25) is 0 Å². The molecular formula is C14H27FO2S. The van der Waals surface area contributed by atoms with Crippen LogP contribution in [0.25, 0.3) is 0 Å². The molecule has 2 unspecified atom stereocenters. The van der Waals surface area contributed by atoms with E-state index in [1.807, 2.05) is 13.8 Å². The van der Waals surface area contributed by atoms with Crippen LogP contribution in [0.1, 0.15) is 59.3 Å². The molecule has 0 saturated heterocycles. The molecule has 0 aliphatic rings. The number of ether oxygens (including phenoxy) is 1. The summed E-state index contributed by atoms with van der Waals surface area (Å²) in [6.07, 6.45) is 4.14. The Bertz CT molecular complexity index is 212. The molecule has 0 aromatic carbocycles. The van der Waals surface area contributed by atoms with Crippen molar-refractivity contribution < 1.29 is 13.9 Å². The third-order valence-corrected chi connectivity index (χ3v) is 4.04. The topological polar surface area (TPSA) is 26.3 Å². The summed E-state index contributed by atoms with van der Waals surface area (Å²) in [5, 5.41) is -0.0702. The van der Waals surface area contributed by atoms with E-state index in [0.29, 0.717) is 19.4 Å². The molecule has 0 N–H and O–H groups in total. The van der Waals surface area contributed by atoms with Gasteiger partial charge in [0.25, 0.3) is 0 Å². The zero-order chi connectivity index (χ0) is 13.8. The van der Waals surface area contributed by atoms with Crippen molar-refractivity contribution in [2.75, 3.05) is 12.4 Å². The number of thioether (sulfide) groups is 1. The number of alkyl halides is 1. The predicted octanol–water partition coefficient (Wildman–Crippen LogP) is 4.37. The fraction of sp³-hybridized carbons (Fsp3) is 0.929. The SMILES string of the molecule is CCCC(F)CCCSC(CCC)C(=O)OCC. The highest BCUT2D eigenvalue weighted by atomic mass is 32.2. The third-order valence-electron chi connectivity index (χ3n) is 2.68. The van der Waals surface area contributed by atoms with E-state index in [1.165, 1.54) is 0 Å². The number of carbonyl (C=O) groups excluding carboxylic acids is 1. The van der Waals surface area contributed by atoms with Gasteiger partial charge in [-0.05, 0) is 38.4 Å². The van der Waals surface area contributed by atoms with Crippen LogP contribution in [-0.4, -0.2) is 29.8 Å². The average molecular weight is 278 g/mol. The van der Waals surface area contributed by atoms with E-state index in [9.17, 15) is 9.18 Å². The van der Waals surface area contributed by atoms with Crippen LogP contribution in [0.15, 0.2) is 0 Å². The zero-order valence-corrected chi connectivity index (χ0v) is 12.7. The van der Waals surface area contributed by atoms with Gasteiger partial charge in [0.2, 0.25) is 0 Å². The van der Waals surface area contributed by atoms with Crippen molar-refractivity contribution in [3.8, 4) is 0 Å². The molecule has 0 aromatic rings. The summed E-state index contributed by atoms with van der Waals surface area (Å²) in [6.45, 7) is 6.32. The van der Waals surface area contributed by atoms with Gasteiger partial charge in [-0.3, -0.25) is 4.79 Å². The highest BCUT2D eigenvalue weighted by molar-refractivity contribution is 8.00. The molecule has 0 heterocycles. The lowest BCUT2D eigenvalue weighted by molar-refractivity contribution is -0.142. The second-order valence-electron chi connectivity index (χ2n) is 4.43. The van der Waals surface area contributed by atoms with Crippen molar-refractivity contribution in [1.82, 2.24) is 0 Å². The van der Waals surface area contributed by atoms with Crippen LogP contribution in [0.4, 0.5) is 4.39 Å². The first-order valence-electron chi connectivity index (χ1n) is 7.07. The summed E-state index contributed by atoms with van der Waals surface area (Å²) < 4.78 is 18.3. The van der Waals surface area contributed by atoms with E-state index >= 15 is 0 Å². The maximum Gasteiger partial charge on any atom is 0.319 e. The Balaban J connectivity index is 3.79. The Labute approximate surface area is 115 Å². The van der Waals surface area contributed by atoms with Crippen LogP contribution < -0.4 is 0 Å². The maximum absolute atomic E-state index is 13.3. The van der Waals surface area contributed by atoms with E-state index in [-0.39, 0.29) is 11.2 Å². The first kappa shape index (κ1) is 17.8. The second kappa shape index (κ2) is 11.8. The summed E-state index contributed by atoms with van der Waals surface area (Å²) in [5.41, 5.74) is 0. The lowest BCUT2D eigenvalue weighted by atomic mass is 10.1. The number of hydrogen-bond acceptors (Lipinski definition) is 3. The van der Waals surface area contributed by atoms with E-state index in [4.69, 9.17) is 4.74 Å². The molecule has 0 saturated carbocycles. The highest BCUT2D eigenvalue weighted by Crippen LogP contribution is 2.21. The molecule has 0 rings (SSSR count). The summed E-state index contributed by atoms with van der Waals surface area (Å²) in [6, 6.07) is 0. The van der Waals surface area contributed by atoms with Gasteiger partial charge in [0, 0.05) is 0 Å². The van der Waals surface area contributed by atoms with Gasteiger partial charge in [-0.25, -0.2) is 4.39 Å². The number of hydrogen-bond donors (Lipinski definition) is 0. The molecule has 0 radical (unpaired) electrons. The quantitative estimate of drug-likeness (QED) is 0.415. The van der Waals surface area contributed by atoms with Gasteiger partial charge in [-0.1, -0.05) is 26.7 Å². The molecule has 108 valence electrons. The minimum Gasteiger partial charge on any atom is -0.465 e. The van der Waals surface area contributed by atoms with Gasteiger partial charge >= 0.3 is 5.97 Å². The number of carbonyl (C=O) groups is 1. The molecule has 0 spiro atoms. The fourth-order valence-corrected chi connectivity index (χ4v) is 2.98. The van der Waals surface area contributed by atoms with E-state index in [0.717, 1.165) is 31.4 Å². The van der Waals surface area contributed by atoms with Gasteiger partial charge in [0.15, 0.2) is 0 Å². The molecule has 2 atom stereocenters. The minimum atomic E-state index is -0.678. The Morgan fingerprint density at radius 3 is 2.39 bits per heavy atom. The van der Waals surface area contributed by atoms with Crippen molar-refractivity contribution >= 4 is 17.7 Å². The zero-order valence-electron chi connectivity index (χ0n) is 11.9. The van der Waals surface area contributed by atoms with Crippen molar-refractivity contribution in [3.63, 3.8) is 0 Å². The first-order chi connectivity index (χ1) is 8.65. The van der Waals surface area contributed by atoms with E-state index in [1.54, 1.807) is 11.8 Å². The van der Waals surface area contributed by atoms with Crippen LogP contribution in [0.3, 0.4) is 0 Å². The average Bonchev–Trinajstić information content (AvgIpc) is 2.33. The largest absolute Gasteiger partial charge is 0.465 e. The first-order valence-corrected chi connectivity index (χ1v) is 8.12. The Hall–Kier alpha value is -0.250. The van der Waals surface area contributed by atoms with Gasteiger partial charge < -0.3 is 4.74 Å². The summed E-state index contributed by atoms with van der Waals surface area (Å²) >= 11 is 1.61. The molecule has 4 heteroatoms. The van der Waals surface area contributed by atoms with Crippen LogP contribution in [0, 0.1) is 0 Å². The number of halogens is 1. The second-order valence-corrected chi connectivity index (χ2v) is 5.74. The number of rotatable bonds is 11. The van der Waals surface area contributed by atoms with Crippen LogP contribution >= 0.6 is 11.8 Å². The smallest absolute Gasteiger partial charge is 0.319 e. The van der Waals surface area contributed by atoms with Crippen LogP contribution in [-0.2, 0) is 9.53 Å². The minimum absolute atomic E-state index is 0.0702. The number of esters is 1. The molecule has 2 nitrogen and oxygen atoms in total. The fourth-order valence-electron chi connectivity index (χ4n) is 1.75. The lowest BCUT2D eigenvalue weighted by Gasteiger charge is -2.14. The lowest BCUT2D eigenvalue weighted by Crippen LogP contribution is -2.20. The van der Waals surface area contributed by atoms with E-state index in [2.05, 4.69) is 6.92 Å². The summed E-state index contributed by atoms with van der Waals surface area (Å²) in [4.78, 5) is 11.6. The van der Waals surface area contributed by atoms with E-state index < -0.39 is 6.17 Å². The Morgan fingerprint density at radius 1 is 1.17 bits per heavy atom. The highest BCUT2D eigenvalue weighted by Gasteiger charge is 2.19. The summed E-state index contributed by atoms with van der Waals surface area (Å²) in [7, 11) is 0. The Morgan fingerprint density at radius 2 is 1.83 bits per heavy atom. The molecule has 0 bridgehead atoms.